The molecular weight excluding hydrogens is 210 g/mol. The monoisotopic (exact) mass is 233 g/mol. The van der Waals surface area contributed by atoms with E-state index in [2.05, 4.69) is 49.1 Å². The van der Waals surface area contributed by atoms with Gasteiger partial charge in [-0.25, -0.2) is 0 Å². The molecule has 0 saturated carbocycles. The summed E-state index contributed by atoms with van der Waals surface area (Å²) < 4.78 is 5.99. The second-order valence-electron chi connectivity index (χ2n) is 4.99. The van der Waals surface area contributed by atoms with Crippen molar-refractivity contribution in [2.45, 2.75) is 45.4 Å². The van der Waals surface area contributed by atoms with Crippen LogP contribution < -0.4 is 0 Å². The first-order valence-electron chi connectivity index (χ1n) is 6.69. The fourth-order valence-corrected chi connectivity index (χ4v) is 2.39. The quantitative estimate of drug-likeness (QED) is 0.795. The molecule has 2 atom stereocenters. The molecule has 94 valence electrons. The summed E-state index contributed by atoms with van der Waals surface area (Å²) in [5.41, 5.74) is 1.40. The highest BCUT2D eigenvalue weighted by atomic mass is 16.5. The largest absolute Gasteiger partial charge is 0.374 e. The molecule has 1 aliphatic heterocycles. The van der Waals surface area contributed by atoms with E-state index in [4.69, 9.17) is 4.74 Å². The van der Waals surface area contributed by atoms with Crippen molar-refractivity contribution in [3.05, 3.63) is 35.9 Å². The molecule has 1 fully saturated rings. The Hall–Kier alpha value is -0.860. The fraction of sp³-hybridized carbons (Fsp3) is 0.600. The fourth-order valence-electron chi connectivity index (χ4n) is 2.39. The van der Waals surface area contributed by atoms with Crippen LogP contribution in [0.5, 0.6) is 0 Å². The van der Waals surface area contributed by atoms with Crippen molar-refractivity contribution in [3.63, 3.8) is 0 Å². The van der Waals surface area contributed by atoms with Gasteiger partial charge in [0, 0.05) is 19.6 Å². The Labute approximate surface area is 105 Å². The highest BCUT2D eigenvalue weighted by Gasteiger charge is 2.21. The van der Waals surface area contributed by atoms with E-state index in [1.807, 2.05) is 0 Å². The maximum atomic E-state index is 5.99. The highest BCUT2D eigenvalue weighted by Crippen LogP contribution is 2.16. The Kier molecular flexibility index (Phi) is 4.57. The zero-order valence-corrected chi connectivity index (χ0v) is 10.9. The van der Waals surface area contributed by atoms with Gasteiger partial charge in [-0.15, -0.1) is 0 Å². The molecule has 1 aromatic carbocycles. The lowest BCUT2D eigenvalue weighted by atomic mass is 10.2. The van der Waals surface area contributed by atoms with Gasteiger partial charge in [0.1, 0.15) is 0 Å². The molecule has 17 heavy (non-hydrogen) atoms. The Morgan fingerprint density at radius 2 is 2.06 bits per heavy atom. The average molecular weight is 233 g/mol. The summed E-state index contributed by atoms with van der Waals surface area (Å²) in [5.74, 6) is 0. The number of rotatable bonds is 3. The third kappa shape index (κ3) is 3.83. The van der Waals surface area contributed by atoms with E-state index >= 15 is 0 Å². The summed E-state index contributed by atoms with van der Waals surface area (Å²) in [5, 5.41) is 0. The second kappa shape index (κ2) is 6.18. The molecular formula is C15H23NO. The minimum atomic E-state index is 0.399. The summed E-state index contributed by atoms with van der Waals surface area (Å²) >= 11 is 0. The van der Waals surface area contributed by atoms with Crippen LogP contribution in [0.25, 0.3) is 0 Å². The van der Waals surface area contributed by atoms with Gasteiger partial charge in [0.05, 0.1) is 12.2 Å². The van der Waals surface area contributed by atoms with Crippen molar-refractivity contribution >= 4 is 0 Å². The molecule has 0 aliphatic carbocycles. The zero-order chi connectivity index (χ0) is 12.1. The van der Waals surface area contributed by atoms with Crippen LogP contribution in [0, 0.1) is 0 Å². The van der Waals surface area contributed by atoms with E-state index in [1.54, 1.807) is 0 Å². The Bertz CT molecular complexity index is 325. The van der Waals surface area contributed by atoms with Gasteiger partial charge in [-0.3, -0.25) is 4.90 Å². The topological polar surface area (TPSA) is 12.5 Å². The first-order chi connectivity index (χ1) is 8.28. The third-order valence-electron chi connectivity index (χ3n) is 3.44. The molecule has 0 bridgehead atoms. The molecule has 0 aromatic heterocycles. The van der Waals surface area contributed by atoms with Crippen LogP contribution >= 0.6 is 0 Å². The van der Waals surface area contributed by atoms with E-state index in [0.717, 1.165) is 32.5 Å². The SMILES string of the molecule is CC[C@H]1CN(Cc2ccccc2)CC[C@@H](C)O1. The lowest BCUT2D eigenvalue weighted by molar-refractivity contribution is 0.000985. The predicted octanol–water partition coefficient (Wildman–Crippen LogP) is 3.08. The first-order valence-corrected chi connectivity index (χ1v) is 6.69. The van der Waals surface area contributed by atoms with E-state index in [-0.39, 0.29) is 0 Å². The maximum Gasteiger partial charge on any atom is 0.0703 e. The van der Waals surface area contributed by atoms with Gasteiger partial charge in [-0.1, -0.05) is 37.3 Å². The number of ether oxygens (including phenoxy) is 1. The summed E-state index contributed by atoms with van der Waals surface area (Å²) in [6, 6.07) is 10.7. The van der Waals surface area contributed by atoms with Crippen LogP contribution in [0.2, 0.25) is 0 Å². The Morgan fingerprint density at radius 1 is 1.29 bits per heavy atom. The summed E-state index contributed by atoms with van der Waals surface area (Å²) in [4.78, 5) is 2.52. The normalized spacial score (nSPS) is 26.7. The summed E-state index contributed by atoms with van der Waals surface area (Å²) in [6.07, 6.45) is 3.05. The van der Waals surface area contributed by atoms with Crippen LogP contribution in [0.3, 0.4) is 0 Å². The molecule has 0 amide bonds. The van der Waals surface area contributed by atoms with Crippen molar-refractivity contribution in [1.29, 1.82) is 0 Å². The van der Waals surface area contributed by atoms with Gasteiger partial charge >= 0.3 is 0 Å². The van der Waals surface area contributed by atoms with E-state index in [1.165, 1.54) is 5.56 Å². The minimum Gasteiger partial charge on any atom is -0.374 e. The minimum absolute atomic E-state index is 0.399. The van der Waals surface area contributed by atoms with E-state index in [9.17, 15) is 0 Å². The Morgan fingerprint density at radius 3 is 2.76 bits per heavy atom. The number of nitrogens with zero attached hydrogens (tertiary/aromatic N) is 1. The second-order valence-corrected chi connectivity index (χ2v) is 4.99. The van der Waals surface area contributed by atoms with Gasteiger partial charge in [0.25, 0.3) is 0 Å². The van der Waals surface area contributed by atoms with Crippen molar-refractivity contribution < 1.29 is 4.74 Å². The van der Waals surface area contributed by atoms with Crippen LogP contribution in [0.1, 0.15) is 32.3 Å². The molecule has 2 rings (SSSR count). The first kappa shape index (κ1) is 12.6. The zero-order valence-electron chi connectivity index (χ0n) is 10.9. The highest BCUT2D eigenvalue weighted by molar-refractivity contribution is 5.14. The van der Waals surface area contributed by atoms with Crippen molar-refractivity contribution in [2.75, 3.05) is 13.1 Å². The van der Waals surface area contributed by atoms with Crippen LogP contribution in [0.4, 0.5) is 0 Å². The molecule has 0 radical (unpaired) electrons. The Balaban J connectivity index is 1.96. The molecule has 2 nitrogen and oxygen atoms in total. The van der Waals surface area contributed by atoms with E-state index in [0.29, 0.717) is 12.2 Å². The molecule has 0 unspecified atom stereocenters. The van der Waals surface area contributed by atoms with Gasteiger partial charge in [-0.2, -0.15) is 0 Å². The average Bonchev–Trinajstić information content (AvgIpc) is 2.53. The summed E-state index contributed by atoms with van der Waals surface area (Å²) in [6.45, 7) is 7.66. The molecule has 2 heteroatoms. The van der Waals surface area contributed by atoms with Crippen molar-refractivity contribution in [2.24, 2.45) is 0 Å². The number of hydrogen-bond donors (Lipinski definition) is 0. The standard InChI is InChI=1S/C15H23NO/c1-3-15-12-16(10-9-13(2)17-15)11-14-7-5-4-6-8-14/h4-8,13,15H,3,9-12H2,1-2H3/t13-,15+/m1/s1. The van der Waals surface area contributed by atoms with Gasteiger partial charge < -0.3 is 4.74 Å². The van der Waals surface area contributed by atoms with Crippen molar-refractivity contribution in [1.82, 2.24) is 4.90 Å². The lowest BCUT2D eigenvalue weighted by Crippen LogP contribution is -2.31. The lowest BCUT2D eigenvalue weighted by Gasteiger charge is -2.23. The third-order valence-corrected chi connectivity index (χ3v) is 3.44. The predicted molar refractivity (Wildman–Crippen MR) is 71.0 cm³/mol. The number of benzene rings is 1. The van der Waals surface area contributed by atoms with E-state index < -0.39 is 0 Å². The number of hydrogen-bond acceptors (Lipinski definition) is 2. The molecule has 0 spiro atoms. The molecule has 1 aliphatic rings. The van der Waals surface area contributed by atoms with Gasteiger partial charge in [0.2, 0.25) is 0 Å². The van der Waals surface area contributed by atoms with Crippen LogP contribution in [-0.2, 0) is 11.3 Å². The summed E-state index contributed by atoms with van der Waals surface area (Å²) in [7, 11) is 0. The molecule has 1 saturated heterocycles. The van der Waals surface area contributed by atoms with Crippen LogP contribution in [0.15, 0.2) is 30.3 Å². The maximum absolute atomic E-state index is 5.99. The molecule has 0 N–H and O–H groups in total. The van der Waals surface area contributed by atoms with Crippen LogP contribution in [-0.4, -0.2) is 30.2 Å². The van der Waals surface area contributed by atoms with Crippen molar-refractivity contribution in [3.8, 4) is 0 Å². The van der Waals surface area contributed by atoms with Gasteiger partial charge in [-0.05, 0) is 25.3 Å². The molecule has 1 aromatic rings. The molecule has 1 heterocycles. The smallest absolute Gasteiger partial charge is 0.0703 e. The van der Waals surface area contributed by atoms with Gasteiger partial charge in [0.15, 0.2) is 0 Å².